The van der Waals surface area contributed by atoms with Gasteiger partial charge in [0.15, 0.2) is 0 Å². The summed E-state index contributed by atoms with van der Waals surface area (Å²) in [4.78, 5) is 14.8. The molecule has 0 saturated carbocycles. The highest BCUT2D eigenvalue weighted by Crippen LogP contribution is 2.03. The normalized spacial score (nSPS) is 9.62. The Labute approximate surface area is 76.7 Å². The molecule has 0 aromatic carbocycles. The molecule has 70 valence electrons. The molecule has 1 heterocycles. The Morgan fingerprint density at radius 2 is 2.38 bits per heavy atom. The number of rotatable bonds is 3. The highest BCUT2D eigenvalue weighted by Gasteiger charge is 2.01. The van der Waals surface area contributed by atoms with E-state index in [0.717, 1.165) is 5.69 Å². The topological polar surface area (TPSA) is 65.2 Å². The van der Waals surface area contributed by atoms with E-state index >= 15 is 0 Å². The van der Waals surface area contributed by atoms with E-state index in [1.807, 2.05) is 12.1 Å². The minimum Gasteiger partial charge on any atom is -0.469 e. The van der Waals surface area contributed by atoms with Gasteiger partial charge in [0, 0.05) is 12.1 Å². The lowest BCUT2D eigenvalue weighted by atomic mass is 10.2. The van der Waals surface area contributed by atoms with Crippen molar-refractivity contribution in [3.8, 4) is 0 Å². The second-order valence-corrected chi connectivity index (χ2v) is 2.63. The molecule has 0 amide bonds. The summed E-state index contributed by atoms with van der Waals surface area (Å²) in [5.41, 5.74) is 6.28. The van der Waals surface area contributed by atoms with Crippen LogP contribution in [0.5, 0.6) is 0 Å². The Balaban J connectivity index is 2.50. The number of ether oxygens (including phenoxy) is 1. The van der Waals surface area contributed by atoms with Crippen molar-refractivity contribution in [3.63, 3.8) is 0 Å². The number of hydrogen-bond donors (Lipinski definition) is 1. The summed E-state index contributed by atoms with van der Waals surface area (Å²) >= 11 is 0. The van der Waals surface area contributed by atoms with Gasteiger partial charge in [-0.2, -0.15) is 0 Å². The molecular formula is C9H12N2O2. The minimum atomic E-state index is -0.232. The van der Waals surface area contributed by atoms with Crippen molar-refractivity contribution < 1.29 is 9.53 Å². The number of aromatic nitrogens is 1. The molecule has 0 spiro atoms. The van der Waals surface area contributed by atoms with E-state index in [2.05, 4.69) is 9.72 Å². The predicted octanol–water partition coefficient (Wildman–Crippen LogP) is 0.769. The van der Waals surface area contributed by atoms with Gasteiger partial charge in [0.2, 0.25) is 0 Å². The third-order valence-corrected chi connectivity index (χ3v) is 1.64. The molecule has 1 aromatic heterocycles. The smallest absolute Gasteiger partial charge is 0.305 e. The zero-order chi connectivity index (χ0) is 9.68. The Bertz CT molecular complexity index is 299. The van der Waals surface area contributed by atoms with Crippen molar-refractivity contribution in [3.05, 3.63) is 23.9 Å². The molecule has 0 aliphatic heterocycles. The van der Waals surface area contributed by atoms with Gasteiger partial charge in [0.05, 0.1) is 13.5 Å². The Hall–Kier alpha value is -1.58. The summed E-state index contributed by atoms with van der Waals surface area (Å²) in [6, 6.07) is 5.36. The summed E-state index contributed by atoms with van der Waals surface area (Å²) in [5, 5.41) is 0. The third-order valence-electron chi connectivity index (χ3n) is 1.64. The predicted molar refractivity (Wildman–Crippen MR) is 49.0 cm³/mol. The Morgan fingerprint density at radius 1 is 1.62 bits per heavy atom. The molecule has 4 heteroatoms. The second kappa shape index (κ2) is 4.45. The summed E-state index contributed by atoms with van der Waals surface area (Å²) in [6.07, 6.45) is 0.907. The van der Waals surface area contributed by atoms with Crippen molar-refractivity contribution in [2.45, 2.75) is 12.8 Å². The van der Waals surface area contributed by atoms with Crippen LogP contribution in [0.15, 0.2) is 18.2 Å². The molecule has 0 aliphatic rings. The molecule has 13 heavy (non-hydrogen) atoms. The van der Waals surface area contributed by atoms with E-state index in [1.54, 1.807) is 6.07 Å². The molecule has 0 saturated heterocycles. The van der Waals surface area contributed by atoms with Crippen molar-refractivity contribution >= 4 is 11.8 Å². The first-order chi connectivity index (χ1) is 6.22. The first kappa shape index (κ1) is 9.51. The highest BCUT2D eigenvalue weighted by molar-refractivity contribution is 5.69. The molecular weight excluding hydrogens is 168 g/mol. The third kappa shape index (κ3) is 3.11. The van der Waals surface area contributed by atoms with Crippen LogP contribution in [0, 0.1) is 0 Å². The summed E-state index contributed by atoms with van der Waals surface area (Å²) in [7, 11) is 1.37. The van der Waals surface area contributed by atoms with E-state index in [1.165, 1.54) is 7.11 Å². The van der Waals surface area contributed by atoms with Crippen LogP contribution in [0.4, 0.5) is 5.82 Å². The van der Waals surface area contributed by atoms with Crippen LogP contribution in [0.2, 0.25) is 0 Å². The first-order valence-electron chi connectivity index (χ1n) is 4.00. The average molecular weight is 180 g/mol. The van der Waals surface area contributed by atoms with Gasteiger partial charge in [-0.3, -0.25) is 4.79 Å². The second-order valence-electron chi connectivity index (χ2n) is 2.63. The number of esters is 1. The van der Waals surface area contributed by atoms with Crippen molar-refractivity contribution in [1.29, 1.82) is 0 Å². The number of methoxy groups -OCH3 is 1. The molecule has 1 rings (SSSR count). The monoisotopic (exact) mass is 180 g/mol. The average Bonchev–Trinajstić information content (AvgIpc) is 2.14. The van der Waals surface area contributed by atoms with Crippen LogP contribution in [0.1, 0.15) is 12.1 Å². The molecule has 0 radical (unpaired) electrons. The van der Waals surface area contributed by atoms with E-state index < -0.39 is 0 Å². The zero-order valence-corrected chi connectivity index (χ0v) is 7.49. The highest BCUT2D eigenvalue weighted by atomic mass is 16.5. The van der Waals surface area contributed by atoms with Crippen LogP contribution < -0.4 is 5.73 Å². The molecule has 2 N–H and O–H groups in total. The largest absolute Gasteiger partial charge is 0.469 e. The maximum absolute atomic E-state index is 10.8. The number of carbonyl (C=O) groups excluding carboxylic acids is 1. The lowest BCUT2D eigenvalue weighted by Crippen LogP contribution is -2.03. The fraction of sp³-hybridized carbons (Fsp3) is 0.333. The lowest BCUT2D eigenvalue weighted by Gasteiger charge is -2.00. The first-order valence-corrected chi connectivity index (χ1v) is 4.00. The Morgan fingerprint density at radius 3 is 3.00 bits per heavy atom. The van der Waals surface area contributed by atoms with Crippen LogP contribution in [0.3, 0.4) is 0 Å². The van der Waals surface area contributed by atoms with Gasteiger partial charge in [-0.25, -0.2) is 4.98 Å². The Kier molecular flexibility index (Phi) is 3.25. The van der Waals surface area contributed by atoms with Gasteiger partial charge in [0.25, 0.3) is 0 Å². The summed E-state index contributed by atoms with van der Waals surface area (Å²) in [5.74, 6) is 0.242. The number of nitrogens with zero attached hydrogens (tertiary/aromatic N) is 1. The molecule has 4 nitrogen and oxygen atoms in total. The van der Waals surface area contributed by atoms with Crippen LogP contribution in [-0.2, 0) is 16.0 Å². The summed E-state index contributed by atoms with van der Waals surface area (Å²) in [6.45, 7) is 0. The van der Waals surface area contributed by atoms with E-state index in [0.29, 0.717) is 18.7 Å². The number of aryl methyl sites for hydroxylation is 1. The van der Waals surface area contributed by atoms with Crippen LogP contribution in [0.25, 0.3) is 0 Å². The number of hydrogen-bond acceptors (Lipinski definition) is 4. The zero-order valence-electron chi connectivity index (χ0n) is 7.49. The maximum Gasteiger partial charge on any atom is 0.305 e. The summed E-state index contributed by atoms with van der Waals surface area (Å²) < 4.78 is 4.50. The number of nitrogens with two attached hydrogens (primary N) is 1. The fourth-order valence-electron chi connectivity index (χ4n) is 0.970. The number of carbonyl (C=O) groups is 1. The standard InChI is InChI=1S/C9H12N2O2/c1-13-9(12)6-5-7-3-2-4-8(10)11-7/h2-4H,5-6H2,1H3,(H2,10,11). The van der Waals surface area contributed by atoms with Gasteiger partial charge in [-0.15, -0.1) is 0 Å². The van der Waals surface area contributed by atoms with Crippen molar-refractivity contribution in [1.82, 2.24) is 4.98 Å². The number of anilines is 1. The molecule has 0 fully saturated rings. The number of nitrogen functional groups attached to an aromatic ring is 1. The minimum absolute atomic E-state index is 0.232. The number of pyridine rings is 1. The molecule has 0 unspecified atom stereocenters. The van der Waals surface area contributed by atoms with Gasteiger partial charge in [0.1, 0.15) is 5.82 Å². The van der Waals surface area contributed by atoms with Crippen molar-refractivity contribution in [2.24, 2.45) is 0 Å². The van der Waals surface area contributed by atoms with Gasteiger partial charge in [-0.1, -0.05) is 6.07 Å². The fourth-order valence-corrected chi connectivity index (χ4v) is 0.970. The van der Waals surface area contributed by atoms with E-state index in [4.69, 9.17) is 5.73 Å². The van der Waals surface area contributed by atoms with Crippen LogP contribution in [-0.4, -0.2) is 18.1 Å². The van der Waals surface area contributed by atoms with E-state index in [-0.39, 0.29) is 5.97 Å². The van der Waals surface area contributed by atoms with E-state index in [9.17, 15) is 4.79 Å². The quantitative estimate of drug-likeness (QED) is 0.698. The van der Waals surface area contributed by atoms with Gasteiger partial charge < -0.3 is 10.5 Å². The maximum atomic E-state index is 10.8. The van der Waals surface area contributed by atoms with Crippen LogP contribution >= 0.6 is 0 Å². The lowest BCUT2D eigenvalue weighted by molar-refractivity contribution is -0.140. The van der Waals surface area contributed by atoms with Gasteiger partial charge >= 0.3 is 5.97 Å². The van der Waals surface area contributed by atoms with Crippen molar-refractivity contribution in [2.75, 3.05) is 12.8 Å². The molecule has 1 aromatic rings. The molecule has 0 bridgehead atoms. The molecule has 0 aliphatic carbocycles. The SMILES string of the molecule is COC(=O)CCc1cccc(N)n1. The molecule has 0 atom stereocenters. The van der Waals surface area contributed by atoms with Gasteiger partial charge in [-0.05, 0) is 12.1 Å².